The molecule has 274 valence electrons. The molecule has 0 bridgehead atoms. The molecule has 13 nitrogen and oxygen atoms in total. The van der Waals surface area contributed by atoms with Gasteiger partial charge in [0.1, 0.15) is 29.5 Å². The van der Waals surface area contributed by atoms with Crippen LogP contribution in [0.25, 0.3) is 10.8 Å². The number of amides is 3. The molecule has 6 rings (SSSR count). The minimum Gasteiger partial charge on any atom is -0.494 e. The summed E-state index contributed by atoms with van der Waals surface area (Å²) >= 11 is 8.39. The van der Waals surface area contributed by atoms with Gasteiger partial charge in [-0.15, -0.1) is 0 Å². The molecule has 1 unspecified atom stereocenters. The first kappa shape index (κ1) is 37.3. The molecule has 3 amide bonds. The number of anilines is 1. The lowest BCUT2D eigenvalue weighted by atomic mass is 9.85. The second-order valence-electron chi connectivity index (χ2n) is 14.7. The van der Waals surface area contributed by atoms with Gasteiger partial charge in [0.15, 0.2) is 0 Å². The first-order valence-corrected chi connectivity index (χ1v) is 19.9. The number of aryl methyl sites for hydroxylation is 2. The third kappa shape index (κ3) is 7.84. The van der Waals surface area contributed by atoms with Gasteiger partial charge in [0, 0.05) is 43.2 Å². The van der Waals surface area contributed by atoms with Crippen LogP contribution in [0.2, 0.25) is 5.02 Å². The zero-order valence-electron chi connectivity index (χ0n) is 29.2. The SMILES string of the molecule is COc1cnc(O[C@@H]2C[C@@H](C(=O)N[C@]3(C(=O)NS(=O)(=O)C4CC4)C[C@H]3I)N(C(=O)C(Nc3cc(C)nc(C)c3)C(C)(C)C)C2)c2cc(Cl)ccc12. The van der Waals surface area contributed by atoms with Crippen LogP contribution >= 0.6 is 34.2 Å². The number of carbonyl (C=O) groups is 3. The minimum atomic E-state index is -3.84. The van der Waals surface area contributed by atoms with Gasteiger partial charge in [0.05, 0.1) is 25.1 Å². The quantitative estimate of drug-likeness (QED) is 0.185. The lowest BCUT2D eigenvalue weighted by molar-refractivity contribution is -0.141. The predicted molar refractivity (Wildman–Crippen MR) is 202 cm³/mol. The molecule has 0 radical (unpaired) electrons. The van der Waals surface area contributed by atoms with Crippen LogP contribution in [0.3, 0.4) is 0 Å². The molecule has 3 aromatic rings. The van der Waals surface area contributed by atoms with Crippen molar-refractivity contribution in [2.75, 3.05) is 19.0 Å². The predicted octanol–water partition coefficient (Wildman–Crippen LogP) is 4.45. The molecule has 3 fully saturated rings. The number of likely N-dealkylation sites (tertiary alicyclic amines) is 1. The van der Waals surface area contributed by atoms with Gasteiger partial charge in [0.25, 0.3) is 5.91 Å². The molecular formula is C35H42ClIN6O7S. The van der Waals surface area contributed by atoms with Crippen LogP contribution in [0.5, 0.6) is 11.6 Å². The Morgan fingerprint density at radius 1 is 1.10 bits per heavy atom. The van der Waals surface area contributed by atoms with E-state index in [1.807, 2.05) is 69.3 Å². The van der Waals surface area contributed by atoms with E-state index in [2.05, 4.69) is 25.3 Å². The zero-order chi connectivity index (χ0) is 37.0. The number of ether oxygens (including phenoxy) is 2. The summed E-state index contributed by atoms with van der Waals surface area (Å²) in [5.74, 6) is -0.898. The van der Waals surface area contributed by atoms with Crippen LogP contribution in [-0.2, 0) is 24.4 Å². The number of aromatic nitrogens is 2. The molecule has 0 spiro atoms. The highest BCUT2D eigenvalue weighted by atomic mass is 127. The minimum absolute atomic E-state index is 0.0399. The van der Waals surface area contributed by atoms with Gasteiger partial charge in [-0.05, 0) is 68.9 Å². The van der Waals surface area contributed by atoms with E-state index < -0.39 is 56.2 Å². The zero-order valence-corrected chi connectivity index (χ0v) is 33.0. The molecule has 1 aliphatic heterocycles. The van der Waals surface area contributed by atoms with Crippen molar-refractivity contribution in [3.63, 3.8) is 0 Å². The molecule has 2 aliphatic carbocycles. The summed E-state index contributed by atoms with van der Waals surface area (Å²) < 4.78 is 39.1. The summed E-state index contributed by atoms with van der Waals surface area (Å²) in [5.41, 5.74) is 0.258. The van der Waals surface area contributed by atoms with Crippen molar-refractivity contribution in [1.29, 1.82) is 0 Å². The molecule has 5 atom stereocenters. The van der Waals surface area contributed by atoms with E-state index in [9.17, 15) is 22.8 Å². The molecule has 16 heteroatoms. The van der Waals surface area contributed by atoms with Crippen molar-refractivity contribution in [2.24, 2.45) is 5.41 Å². The van der Waals surface area contributed by atoms with Gasteiger partial charge >= 0.3 is 0 Å². The molecule has 3 heterocycles. The third-order valence-electron chi connectivity index (χ3n) is 9.45. The summed E-state index contributed by atoms with van der Waals surface area (Å²) in [6.07, 6.45) is 2.18. The number of carbonyl (C=O) groups excluding carboxylic acids is 3. The summed E-state index contributed by atoms with van der Waals surface area (Å²) in [7, 11) is -2.30. The van der Waals surface area contributed by atoms with Crippen molar-refractivity contribution in [3.05, 3.63) is 52.9 Å². The number of rotatable bonds is 11. The fourth-order valence-electron chi connectivity index (χ4n) is 6.48. The first-order valence-electron chi connectivity index (χ1n) is 16.7. The maximum Gasteiger partial charge on any atom is 0.260 e. The van der Waals surface area contributed by atoms with Crippen LogP contribution in [-0.4, -0.2) is 87.6 Å². The number of sulfonamides is 1. The molecule has 3 N–H and O–H groups in total. The van der Waals surface area contributed by atoms with Gasteiger partial charge in [-0.1, -0.05) is 55.0 Å². The molecule has 2 aromatic heterocycles. The number of halogens is 2. The Bertz CT molecular complexity index is 1990. The van der Waals surface area contributed by atoms with E-state index in [4.69, 9.17) is 21.1 Å². The van der Waals surface area contributed by atoms with E-state index in [0.717, 1.165) is 16.8 Å². The van der Waals surface area contributed by atoms with Crippen LogP contribution in [0.4, 0.5) is 5.69 Å². The number of fused-ring (bicyclic) bond motifs is 1. The molecular weight excluding hydrogens is 811 g/mol. The summed E-state index contributed by atoms with van der Waals surface area (Å²) in [4.78, 5) is 52.8. The number of benzene rings is 1. The Labute approximate surface area is 316 Å². The Morgan fingerprint density at radius 2 is 1.76 bits per heavy atom. The number of alkyl halides is 1. The lowest BCUT2D eigenvalue weighted by Crippen LogP contribution is -2.58. The largest absolute Gasteiger partial charge is 0.494 e. The van der Waals surface area contributed by atoms with Crippen molar-refractivity contribution in [2.45, 2.75) is 93.2 Å². The lowest BCUT2D eigenvalue weighted by Gasteiger charge is -2.36. The van der Waals surface area contributed by atoms with Crippen molar-refractivity contribution in [1.82, 2.24) is 24.9 Å². The standard InChI is InChI=1S/C35H42ClIN6O7S/c1-18-11-21(12-19(2)39-18)40-29(34(3,4)5)32(45)43-17-22(50-31-25-13-20(36)7-10-24(25)27(49-6)16-38-31)14-26(43)30(44)41-35(15-28(35)37)33(46)42-51(47,48)23-8-9-23/h7,10-13,16,22-23,26,28-29H,8-9,14-15,17H2,1-6H3,(H,39,40)(H,41,44)(H,42,46)/t22-,26+,28-,29?,35-/m1/s1. The van der Waals surface area contributed by atoms with Gasteiger partial charge in [-0.3, -0.25) is 24.1 Å². The number of nitrogens with one attached hydrogen (secondary N) is 3. The Morgan fingerprint density at radius 3 is 2.35 bits per heavy atom. The highest BCUT2D eigenvalue weighted by Crippen LogP contribution is 2.44. The van der Waals surface area contributed by atoms with Gasteiger partial charge < -0.3 is 25.0 Å². The normalized spacial score (nSPS) is 23.8. The number of hydrogen-bond acceptors (Lipinski definition) is 10. The van der Waals surface area contributed by atoms with Crippen molar-refractivity contribution >= 4 is 78.4 Å². The molecule has 2 saturated carbocycles. The maximum atomic E-state index is 14.7. The van der Waals surface area contributed by atoms with Gasteiger partial charge in [-0.2, -0.15) is 0 Å². The Hall–Kier alpha value is -3.44. The summed E-state index contributed by atoms with van der Waals surface area (Å²) in [5, 5.41) is 7.44. The molecule has 1 aromatic carbocycles. The van der Waals surface area contributed by atoms with Crippen molar-refractivity contribution < 1.29 is 32.3 Å². The monoisotopic (exact) mass is 852 g/mol. The van der Waals surface area contributed by atoms with Crippen molar-refractivity contribution in [3.8, 4) is 11.6 Å². The smallest absolute Gasteiger partial charge is 0.260 e. The summed E-state index contributed by atoms with van der Waals surface area (Å²) in [6, 6.07) is 7.15. The fourth-order valence-corrected chi connectivity index (χ4v) is 9.15. The van der Waals surface area contributed by atoms with E-state index in [1.54, 1.807) is 18.2 Å². The number of pyridine rings is 2. The van der Waals surface area contributed by atoms with Crippen LogP contribution in [0.15, 0.2) is 36.5 Å². The van der Waals surface area contributed by atoms with E-state index in [1.165, 1.54) is 18.2 Å². The van der Waals surface area contributed by atoms with E-state index in [-0.39, 0.29) is 35.1 Å². The number of nitrogens with zero attached hydrogens (tertiary/aromatic N) is 3. The maximum absolute atomic E-state index is 14.7. The Balaban J connectivity index is 1.31. The molecule has 3 aliphatic rings. The average Bonchev–Trinajstić information content (AvgIpc) is 3.96. The second-order valence-corrected chi connectivity index (χ2v) is 18.6. The van der Waals surface area contributed by atoms with E-state index in [0.29, 0.717) is 34.7 Å². The van der Waals surface area contributed by atoms with Crippen LogP contribution < -0.4 is 24.8 Å². The van der Waals surface area contributed by atoms with Crippen LogP contribution in [0, 0.1) is 19.3 Å². The molecule has 1 saturated heterocycles. The summed E-state index contributed by atoms with van der Waals surface area (Å²) in [6.45, 7) is 9.59. The van der Waals surface area contributed by atoms with Gasteiger partial charge in [-0.25, -0.2) is 13.4 Å². The molecule has 51 heavy (non-hydrogen) atoms. The highest BCUT2D eigenvalue weighted by molar-refractivity contribution is 14.1. The number of methoxy groups -OCH3 is 1. The number of hydrogen-bond donors (Lipinski definition) is 3. The topological polar surface area (TPSA) is 169 Å². The van der Waals surface area contributed by atoms with Crippen LogP contribution in [0.1, 0.15) is 57.8 Å². The second kappa shape index (κ2) is 13.8. The first-order chi connectivity index (χ1) is 23.9. The fraction of sp³-hybridized carbons (Fsp3) is 0.514. The van der Waals surface area contributed by atoms with E-state index >= 15 is 0 Å². The third-order valence-corrected chi connectivity index (χ3v) is 13.0. The highest BCUT2D eigenvalue weighted by Gasteiger charge is 2.62. The Kier molecular flexibility index (Phi) is 10.1. The van der Waals surface area contributed by atoms with Gasteiger partial charge in [0.2, 0.25) is 27.7 Å². The average molecular weight is 853 g/mol.